The van der Waals surface area contributed by atoms with Gasteiger partial charge >= 0.3 is 0 Å². The van der Waals surface area contributed by atoms with Crippen molar-refractivity contribution in [3.05, 3.63) is 35.2 Å². The predicted octanol–water partition coefficient (Wildman–Crippen LogP) is 0.690. The SMILES string of the molecule is Cc1cc(S(=O)(=O)NCCn2ccnc2)sc1CN. The number of nitrogens with one attached hydrogen (secondary N) is 1. The lowest BCUT2D eigenvalue weighted by Gasteiger charge is -2.05. The lowest BCUT2D eigenvalue weighted by Crippen LogP contribution is -2.26. The van der Waals surface area contributed by atoms with Crippen molar-refractivity contribution < 1.29 is 8.42 Å². The van der Waals surface area contributed by atoms with Crippen LogP contribution in [-0.2, 0) is 23.1 Å². The number of rotatable bonds is 6. The fourth-order valence-electron chi connectivity index (χ4n) is 1.62. The molecule has 0 saturated carbocycles. The third kappa shape index (κ3) is 3.41. The van der Waals surface area contributed by atoms with Gasteiger partial charge in [-0.2, -0.15) is 0 Å². The number of imidazole rings is 1. The van der Waals surface area contributed by atoms with Crippen molar-refractivity contribution in [2.75, 3.05) is 6.54 Å². The molecule has 0 aromatic carbocycles. The molecule has 19 heavy (non-hydrogen) atoms. The molecule has 8 heteroatoms. The molecule has 0 aliphatic carbocycles. The summed E-state index contributed by atoms with van der Waals surface area (Å²) in [5, 5.41) is 0. The summed E-state index contributed by atoms with van der Waals surface area (Å²) >= 11 is 1.22. The number of nitrogens with two attached hydrogens (primary N) is 1. The van der Waals surface area contributed by atoms with Crippen LogP contribution in [0.2, 0.25) is 0 Å². The van der Waals surface area contributed by atoms with E-state index in [1.165, 1.54) is 11.3 Å². The largest absolute Gasteiger partial charge is 0.336 e. The highest BCUT2D eigenvalue weighted by Crippen LogP contribution is 2.25. The van der Waals surface area contributed by atoms with Gasteiger partial charge in [0.15, 0.2) is 0 Å². The van der Waals surface area contributed by atoms with E-state index in [2.05, 4.69) is 9.71 Å². The van der Waals surface area contributed by atoms with E-state index in [0.717, 1.165) is 10.4 Å². The van der Waals surface area contributed by atoms with E-state index in [4.69, 9.17) is 5.73 Å². The molecule has 0 aliphatic heterocycles. The molecule has 0 bridgehead atoms. The second-order valence-electron chi connectivity index (χ2n) is 4.07. The van der Waals surface area contributed by atoms with Crippen LogP contribution in [-0.4, -0.2) is 24.5 Å². The number of aryl methyl sites for hydroxylation is 1. The standard InChI is InChI=1S/C11H16N4O2S2/c1-9-6-11(18-10(9)7-12)19(16,17)14-3-5-15-4-2-13-8-15/h2,4,6,8,14H,3,5,7,12H2,1H3. The fourth-order valence-corrected chi connectivity index (χ4v) is 4.16. The summed E-state index contributed by atoms with van der Waals surface area (Å²) in [6.45, 7) is 3.10. The second kappa shape index (κ2) is 5.83. The summed E-state index contributed by atoms with van der Waals surface area (Å²) in [6.07, 6.45) is 5.09. The van der Waals surface area contributed by atoms with Gasteiger partial charge in [0.25, 0.3) is 0 Å². The zero-order chi connectivity index (χ0) is 13.9. The molecule has 0 atom stereocenters. The van der Waals surface area contributed by atoms with Crippen LogP contribution in [0.3, 0.4) is 0 Å². The molecular formula is C11H16N4O2S2. The molecule has 6 nitrogen and oxygen atoms in total. The van der Waals surface area contributed by atoms with Gasteiger partial charge in [0.2, 0.25) is 10.0 Å². The van der Waals surface area contributed by atoms with E-state index in [0.29, 0.717) is 23.8 Å². The van der Waals surface area contributed by atoms with E-state index in [9.17, 15) is 8.42 Å². The van der Waals surface area contributed by atoms with Crippen LogP contribution in [0.1, 0.15) is 10.4 Å². The minimum atomic E-state index is -3.45. The Morgan fingerprint density at radius 1 is 1.53 bits per heavy atom. The molecule has 0 aliphatic rings. The van der Waals surface area contributed by atoms with Crippen molar-refractivity contribution in [2.24, 2.45) is 5.73 Å². The molecule has 0 spiro atoms. The minimum Gasteiger partial charge on any atom is -0.336 e. The van der Waals surface area contributed by atoms with Crippen LogP contribution in [0.4, 0.5) is 0 Å². The second-order valence-corrected chi connectivity index (χ2v) is 7.20. The molecule has 2 aromatic rings. The summed E-state index contributed by atoms with van der Waals surface area (Å²) < 4.78 is 28.9. The maximum Gasteiger partial charge on any atom is 0.250 e. The highest BCUT2D eigenvalue weighted by Gasteiger charge is 2.17. The summed E-state index contributed by atoms with van der Waals surface area (Å²) in [5.41, 5.74) is 6.48. The first-order valence-corrected chi connectivity index (χ1v) is 8.07. The van der Waals surface area contributed by atoms with Crippen molar-refractivity contribution in [3.8, 4) is 0 Å². The fraction of sp³-hybridized carbons (Fsp3) is 0.364. The summed E-state index contributed by atoms with van der Waals surface area (Å²) in [7, 11) is -3.45. The van der Waals surface area contributed by atoms with Gasteiger partial charge in [-0.3, -0.25) is 0 Å². The molecule has 104 valence electrons. The molecule has 0 amide bonds. The zero-order valence-corrected chi connectivity index (χ0v) is 12.2. The van der Waals surface area contributed by atoms with Gasteiger partial charge in [0.1, 0.15) is 4.21 Å². The number of thiophene rings is 1. The van der Waals surface area contributed by atoms with Crippen molar-refractivity contribution in [1.29, 1.82) is 0 Å². The van der Waals surface area contributed by atoms with Gasteiger partial charge in [-0.05, 0) is 18.6 Å². The summed E-state index contributed by atoms with van der Waals surface area (Å²) in [5.74, 6) is 0. The quantitative estimate of drug-likeness (QED) is 0.821. The molecule has 0 fully saturated rings. The topological polar surface area (TPSA) is 90.0 Å². The Hall–Kier alpha value is -1.22. The number of nitrogens with zero attached hydrogens (tertiary/aromatic N) is 2. The lowest BCUT2D eigenvalue weighted by molar-refractivity contribution is 0.575. The minimum absolute atomic E-state index is 0.316. The van der Waals surface area contributed by atoms with Gasteiger partial charge in [-0.15, -0.1) is 11.3 Å². The van der Waals surface area contributed by atoms with Gasteiger partial charge in [0.05, 0.1) is 6.33 Å². The number of aromatic nitrogens is 2. The lowest BCUT2D eigenvalue weighted by atomic mass is 10.3. The molecule has 0 saturated heterocycles. The maximum atomic E-state index is 12.1. The van der Waals surface area contributed by atoms with Gasteiger partial charge in [-0.25, -0.2) is 18.1 Å². The molecule has 0 unspecified atom stereocenters. The van der Waals surface area contributed by atoms with E-state index in [1.807, 2.05) is 11.5 Å². The first kappa shape index (κ1) is 14.2. The average Bonchev–Trinajstić information content (AvgIpc) is 2.98. The molecule has 2 aromatic heterocycles. The first-order valence-electron chi connectivity index (χ1n) is 5.77. The van der Waals surface area contributed by atoms with Crippen LogP contribution in [0.5, 0.6) is 0 Å². The van der Waals surface area contributed by atoms with Gasteiger partial charge < -0.3 is 10.3 Å². The van der Waals surface area contributed by atoms with E-state index in [-0.39, 0.29) is 0 Å². The van der Waals surface area contributed by atoms with Crippen molar-refractivity contribution in [1.82, 2.24) is 14.3 Å². The Balaban J connectivity index is 2.01. The average molecular weight is 300 g/mol. The highest BCUT2D eigenvalue weighted by molar-refractivity contribution is 7.91. The number of hydrogen-bond donors (Lipinski definition) is 2. The third-order valence-corrected chi connectivity index (χ3v) is 5.86. The van der Waals surface area contributed by atoms with Crippen LogP contribution in [0, 0.1) is 6.92 Å². The van der Waals surface area contributed by atoms with E-state index >= 15 is 0 Å². The Labute approximate surface area is 116 Å². The Kier molecular flexibility index (Phi) is 4.35. The van der Waals surface area contributed by atoms with Crippen LogP contribution >= 0.6 is 11.3 Å². The molecular weight excluding hydrogens is 284 g/mol. The van der Waals surface area contributed by atoms with Crippen molar-refractivity contribution in [3.63, 3.8) is 0 Å². The van der Waals surface area contributed by atoms with E-state index < -0.39 is 10.0 Å². The van der Waals surface area contributed by atoms with Crippen molar-refractivity contribution in [2.45, 2.75) is 24.2 Å². The Bertz CT molecular complexity index is 632. The number of hydrogen-bond acceptors (Lipinski definition) is 5. The summed E-state index contributed by atoms with van der Waals surface area (Å²) in [4.78, 5) is 4.79. The predicted molar refractivity (Wildman–Crippen MR) is 74.4 cm³/mol. The normalized spacial score (nSPS) is 11.9. The smallest absolute Gasteiger partial charge is 0.250 e. The molecule has 3 N–H and O–H groups in total. The summed E-state index contributed by atoms with van der Waals surface area (Å²) in [6, 6.07) is 1.66. The van der Waals surface area contributed by atoms with Crippen LogP contribution in [0.25, 0.3) is 0 Å². The molecule has 2 heterocycles. The first-order chi connectivity index (χ1) is 9.03. The van der Waals surface area contributed by atoms with Gasteiger partial charge in [-0.1, -0.05) is 0 Å². The Morgan fingerprint density at radius 2 is 2.32 bits per heavy atom. The molecule has 2 rings (SSSR count). The van der Waals surface area contributed by atoms with Crippen molar-refractivity contribution >= 4 is 21.4 Å². The maximum absolute atomic E-state index is 12.1. The third-order valence-electron chi connectivity index (χ3n) is 2.67. The number of sulfonamides is 1. The highest BCUT2D eigenvalue weighted by atomic mass is 32.2. The Morgan fingerprint density at radius 3 is 2.89 bits per heavy atom. The van der Waals surface area contributed by atoms with Gasteiger partial charge in [0, 0.05) is 36.9 Å². The van der Waals surface area contributed by atoms with Crippen LogP contribution in [0.15, 0.2) is 29.0 Å². The molecule has 0 radical (unpaired) electrons. The van der Waals surface area contributed by atoms with Crippen LogP contribution < -0.4 is 10.5 Å². The zero-order valence-electron chi connectivity index (χ0n) is 10.5. The van der Waals surface area contributed by atoms with E-state index in [1.54, 1.807) is 24.8 Å². The monoisotopic (exact) mass is 300 g/mol.